The quantitative estimate of drug-likeness (QED) is 0.0319. The lowest BCUT2D eigenvalue weighted by molar-refractivity contribution is -0.143. The standard InChI is InChI=1S/C56H81N13O14S2/c1-31(2)22-39(51(78)63-37(48(58)75)18-20-84-6)62-44(70)29-60-54(81)43(24-34-16-12-9-13-17-34)69(5)56(83)42(23-33-14-10-8-11-15-33)67-55(82)47(32(3)4)68-53(80)41(27-46(73)74)66-52(79)40(25-35-28-59-30-61-35)65-50(77)38(19-21-85-7)64-49(76)36(57)26-45(71)72/h8-17,28,30-32,36-43,47H,18-27,29,57H2,1-7H3,(H2,58,75)(H,59,61)(H,60,81)(H,62,70)(H,63,78)(H,64,76)(H,65,77)(H,66,79)(H,67,82)(H,68,80)(H,71,72)(H,73,74)/t36-,37-,38-,39-,40-,41-,42-,43-,47-/m0/s1. The molecule has 0 saturated heterocycles. The van der Waals surface area contributed by atoms with Crippen LogP contribution in [0.2, 0.25) is 0 Å². The molecule has 29 heteroatoms. The van der Waals surface area contributed by atoms with Crippen LogP contribution in [0.5, 0.6) is 0 Å². The Bertz CT molecular complexity index is 2730. The number of carboxylic acids is 2. The number of rotatable bonds is 38. The van der Waals surface area contributed by atoms with E-state index in [1.807, 2.05) is 20.1 Å². The van der Waals surface area contributed by atoms with Crippen molar-refractivity contribution >= 4 is 94.5 Å². The molecule has 0 radical (unpaired) electrons. The highest BCUT2D eigenvalue weighted by Gasteiger charge is 2.38. The van der Waals surface area contributed by atoms with E-state index in [-0.39, 0.29) is 44.4 Å². The second-order valence-electron chi connectivity index (χ2n) is 20.9. The van der Waals surface area contributed by atoms with Crippen molar-refractivity contribution in [1.29, 1.82) is 0 Å². The van der Waals surface area contributed by atoms with Crippen LogP contribution in [-0.4, -0.2) is 188 Å². The highest BCUT2D eigenvalue weighted by atomic mass is 32.2. The molecule has 0 aliphatic heterocycles. The largest absolute Gasteiger partial charge is 0.481 e. The van der Waals surface area contributed by atoms with E-state index < -0.39 is 151 Å². The van der Waals surface area contributed by atoms with Gasteiger partial charge in [-0.15, -0.1) is 0 Å². The van der Waals surface area contributed by atoms with Gasteiger partial charge in [-0.05, 0) is 66.2 Å². The molecule has 3 rings (SSSR count). The van der Waals surface area contributed by atoms with Gasteiger partial charge in [-0.2, -0.15) is 23.5 Å². The Kier molecular flexibility index (Phi) is 30.7. The minimum atomic E-state index is -1.88. The zero-order valence-electron chi connectivity index (χ0n) is 48.7. The molecule has 0 aliphatic carbocycles. The molecular weight excluding hydrogens is 1140 g/mol. The second kappa shape index (κ2) is 36.6. The number of nitrogens with one attached hydrogen (secondary N) is 9. The Balaban J connectivity index is 1.93. The Morgan fingerprint density at radius 1 is 0.588 bits per heavy atom. The van der Waals surface area contributed by atoms with E-state index in [4.69, 9.17) is 16.6 Å². The van der Waals surface area contributed by atoms with Gasteiger partial charge in [0.05, 0.1) is 31.8 Å². The van der Waals surface area contributed by atoms with E-state index in [1.54, 1.807) is 80.8 Å². The first-order valence-electron chi connectivity index (χ1n) is 27.4. The maximum absolute atomic E-state index is 14.9. The number of aromatic nitrogens is 2. The molecule has 0 unspecified atom stereocenters. The summed E-state index contributed by atoms with van der Waals surface area (Å²) < 4.78 is 0. The molecule has 0 bridgehead atoms. The summed E-state index contributed by atoms with van der Waals surface area (Å²) in [5, 5.41) is 39.5. The minimum Gasteiger partial charge on any atom is -0.481 e. The van der Waals surface area contributed by atoms with Gasteiger partial charge < -0.3 is 74.1 Å². The third-order valence-corrected chi connectivity index (χ3v) is 14.5. The number of nitrogens with two attached hydrogens (primary N) is 2. The van der Waals surface area contributed by atoms with E-state index in [1.165, 1.54) is 43.1 Å². The van der Waals surface area contributed by atoms with Gasteiger partial charge in [-0.25, -0.2) is 4.98 Å². The summed E-state index contributed by atoms with van der Waals surface area (Å²) in [5.41, 5.74) is 12.8. The maximum atomic E-state index is 14.9. The summed E-state index contributed by atoms with van der Waals surface area (Å²) in [5.74, 6) is -11.5. The fraction of sp³-hybridized carbons (Fsp3) is 0.518. The first kappa shape index (κ1) is 71.2. The molecule has 9 atom stereocenters. The molecule has 2 aromatic carbocycles. The molecule has 0 fully saturated rings. The Morgan fingerprint density at radius 3 is 1.62 bits per heavy atom. The van der Waals surface area contributed by atoms with E-state index in [9.17, 15) is 62.6 Å². The Morgan fingerprint density at radius 2 is 1.09 bits per heavy atom. The topological polar surface area (TPSA) is 425 Å². The van der Waals surface area contributed by atoms with Crippen LogP contribution < -0.4 is 54.0 Å². The average molecular weight is 1220 g/mol. The van der Waals surface area contributed by atoms with Crippen LogP contribution in [0.15, 0.2) is 73.2 Å². The highest BCUT2D eigenvalue weighted by Crippen LogP contribution is 2.15. The van der Waals surface area contributed by atoms with Gasteiger partial charge in [-0.3, -0.25) is 57.5 Å². The molecule has 27 nitrogen and oxygen atoms in total. The first-order chi connectivity index (χ1) is 40.2. The number of carbonyl (C=O) groups excluding carboxylic acids is 10. The summed E-state index contributed by atoms with van der Waals surface area (Å²) >= 11 is 2.78. The molecule has 0 spiro atoms. The molecule has 0 saturated carbocycles. The number of aromatic amines is 1. The zero-order chi connectivity index (χ0) is 63.3. The van der Waals surface area contributed by atoms with Crippen molar-refractivity contribution in [2.24, 2.45) is 23.3 Å². The number of carbonyl (C=O) groups is 12. The van der Waals surface area contributed by atoms with E-state index in [0.717, 1.165) is 4.90 Å². The number of nitrogens with zero attached hydrogens (tertiary/aromatic N) is 2. The van der Waals surface area contributed by atoms with Gasteiger partial charge in [0.2, 0.25) is 59.1 Å². The van der Waals surface area contributed by atoms with Crippen molar-refractivity contribution in [3.05, 3.63) is 90.0 Å². The number of thioether (sulfide) groups is 2. The highest BCUT2D eigenvalue weighted by molar-refractivity contribution is 7.98. The van der Waals surface area contributed by atoms with Crippen LogP contribution in [0.25, 0.3) is 0 Å². The second-order valence-corrected chi connectivity index (χ2v) is 22.9. The maximum Gasteiger partial charge on any atom is 0.305 e. The number of hydrogen-bond donors (Lipinski definition) is 13. The average Bonchev–Trinajstić information content (AvgIpc) is 4.00. The summed E-state index contributed by atoms with van der Waals surface area (Å²) in [6.45, 7) is 6.15. The molecule has 1 aromatic heterocycles. The smallest absolute Gasteiger partial charge is 0.305 e. The van der Waals surface area contributed by atoms with Gasteiger partial charge >= 0.3 is 11.9 Å². The SMILES string of the molecule is CSCC[C@H](NC(=O)[C@H](CC(C)C)NC(=O)CNC(=O)[C@H](Cc1ccccc1)N(C)C(=O)[C@H](Cc1ccccc1)NC(=O)[C@@H](NC(=O)[C@H](CC(=O)O)NC(=O)[C@H](Cc1cnc[nH]1)NC(=O)[C@H](CCSC)NC(=O)[C@@H](N)CC(=O)O)C(C)C)C(N)=O. The lowest BCUT2D eigenvalue weighted by atomic mass is 9.99. The molecule has 1 heterocycles. The number of H-pyrrole nitrogens is 1. The Labute approximate surface area is 502 Å². The summed E-state index contributed by atoms with van der Waals surface area (Å²) in [7, 11) is 1.34. The number of amides is 10. The number of carboxylic acid groups (broad SMARTS) is 2. The number of primary amides is 1. The van der Waals surface area contributed by atoms with Crippen molar-refractivity contribution in [1.82, 2.24) is 57.4 Å². The van der Waals surface area contributed by atoms with Crippen LogP contribution in [-0.2, 0) is 76.8 Å². The van der Waals surface area contributed by atoms with Gasteiger partial charge in [-0.1, -0.05) is 88.4 Å². The predicted molar refractivity (Wildman–Crippen MR) is 318 cm³/mol. The normalized spacial score (nSPS) is 14.3. The Hall–Kier alpha value is -8.05. The first-order valence-corrected chi connectivity index (χ1v) is 30.2. The van der Waals surface area contributed by atoms with Crippen LogP contribution >= 0.6 is 23.5 Å². The number of imidazole rings is 1. The van der Waals surface area contributed by atoms with E-state index in [2.05, 4.69) is 52.5 Å². The van der Waals surface area contributed by atoms with Crippen molar-refractivity contribution in [2.75, 3.05) is 37.6 Å². The number of benzene rings is 2. The summed E-state index contributed by atoms with van der Waals surface area (Å²) in [6, 6.07) is 4.62. The van der Waals surface area contributed by atoms with Crippen molar-refractivity contribution in [3.8, 4) is 0 Å². The van der Waals surface area contributed by atoms with Gasteiger partial charge in [0.15, 0.2) is 0 Å². The number of likely N-dealkylation sites (N-methyl/N-ethyl adjacent to an activating group) is 1. The fourth-order valence-corrected chi connectivity index (χ4v) is 9.53. The molecule has 15 N–H and O–H groups in total. The van der Waals surface area contributed by atoms with Crippen LogP contribution in [0.3, 0.4) is 0 Å². The number of aliphatic carboxylic acids is 2. The van der Waals surface area contributed by atoms with Gasteiger partial charge in [0, 0.05) is 38.2 Å². The van der Waals surface area contributed by atoms with Crippen LogP contribution in [0, 0.1) is 11.8 Å². The van der Waals surface area contributed by atoms with Crippen molar-refractivity contribution < 1.29 is 67.7 Å². The van der Waals surface area contributed by atoms with Crippen molar-refractivity contribution in [2.45, 2.75) is 133 Å². The molecular formula is C56H81N13O14S2. The number of hydrogen-bond acceptors (Lipinski definition) is 16. The molecule has 85 heavy (non-hydrogen) atoms. The fourth-order valence-electron chi connectivity index (χ4n) is 8.59. The minimum absolute atomic E-state index is 0.0164. The molecule has 0 aliphatic rings. The summed E-state index contributed by atoms with van der Waals surface area (Å²) in [6.07, 6.45) is 4.42. The third kappa shape index (κ3) is 25.4. The van der Waals surface area contributed by atoms with Crippen molar-refractivity contribution in [3.63, 3.8) is 0 Å². The monoisotopic (exact) mass is 1220 g/mol. The van der Waals surface area contributed by atoms with Gasteiger partial charge in [0.25, 0.3) is 0 Å². The van der Waals surface area contributed by atoms with Crippen LogP contribution in [0.1, 0.15) is 76.6 Å². The molecule has 3 aromatic rings. The van der Waals surface area contributed by atoms with E-state index in [0.29, 0.717) is 28.3 Å². The summed E-state index contributed by atoms with van der Waals surface area (Å²) in [4.78, 5) is 169. The predicted octanol–water partition coefficient (Wildman–Crippen LogP) is -1.26. The lowest BCUT2D eigenvalue weighted by Crippen LogP contribution is -2.61. The van der Waals surface area contributed by atoms with Gasteiger partial charge in [0.1, 0.15) is 48.3 Å². The molecule has 466 valence electrons. The third-order valence-electron chi connectivity index (χ3n) is 13.2. The van der Waals surface area contributed by atoms with E-state index >= 15 is 0 Å². The lowest BCUT2D eigenvalue weighted by Gasteiger charge is -2.32. The van der Waals surface area contributed by atoms with Crippen LogP contribution in [0.4, 0.5) is 0 Å². The molecule has 10 amide bonds. The zero-order valence-corrected chi connectivity index (χ0v) is 50.3.